The van der Waals surface area contributed by atoms with Crippen molar-refractivity contribution in [3.05, 3.63) is 84.8 Å². The topological polar surface area (TPSA) is 29.0 Å². The summed E-state index contributed by atoms with van der Waals surface area (Å²) in [5.74, 6) is 0. The molecule has 3 heteroatoms. The first-order chi connectivity index (χ1) is 10.9. The highest BCUT2D eigenvalue weighted by molar-refractivity contribution is 5.81. The third kappa shape index (κ3) is 3.38. The molecular formula is C19H19N3. The van der Waals surface area contributed by atoms with Gasteiger partial charge in [-0.25, -0.2) is 0 Å². The first kappa shape index (κ1) is 14.4. The Balaban J connectivity index is 1.85. The smallest absolute Gasteiger partial charge is 0.0705 e. The molecule has 0 aliphatic rings. The van der Waals surface area contributed by atoms with E-state index >= 15 is 0 Å². The monoisotopic (exact) mass is 289 g/mol. The first-order valence-electron chi connectivity index (χ1n) is 7.41. The van der Waals surface area contributed by atoms with Gasteiger partial charge in [0.25, 0.3) is 0 Å². The van der Waals surface area contributed by atoms with Gasteiger partial charge >= 0.3 is 0 Å². The van der Waals surface area contributed by atoms with Crippen molar-refractivity contribution in [3.63, 3.8) is 0 Å². The Morgan fingerprint density at radius 2 is 1.91 bits per heavy atom. The second-order valence-electron chi connectivity index (χ2n) is 5.31. The lowest BCUT2D eigenvalue weighted by Crippen LogP contribution is -2.23. The van der Waals surface area contributed by atoms with Crippen molar-refractivity contribution < 1.29 is 0 Å². The van der Waals surface area contributed by atoms with Crippen molar-refractivity contribution in [2.75, 3.05) is 6.54 Å². The van der Waals surface area contributed by atoms with Crippen LogP contribution in [0, 0.1) is 0 Å². The second kappa shape index (κ2) is 6.96. The van der Waals surface area contributed by atoms with E-state index in [1.807, 2.05) is 30.6 Å². The highest BCUT2D eigenvalue weighted by Gasteiger charge is 2.08. The molecule has 3 nitrogen and oxygen atoms in total. The number of pyridine rings is 2. The summed E-state index contributed by atoms with van der Waals surface area (Å²) >= 11 is 0. The number of fused-ring (bicyclic) bond motifs is 1. The van der Waals surface area contributed by atoms with Gasteiger partial charge < -0.3 is 0 Å². The zero-order valence-corrected chi connectivity index (χ0v) is 12.5. The van der Waals surface area contributed by atoms with E-state index in [0.717, 1.165) is 25.2 Å². The van der Waals surface area contributed by atoms with E-state index in [4.69, 9.17) is 0 Å². The van der Waals surface area contributed by atoms with E-state index in [9.17, 15) is 0 Å². The average Bonchev–Trinajstić information content (AvgIpc) is 2.56. The van der Waals surface area contributed by atoms with Crippen LogP contribution in [0.5, 0.6) is 0 Å². The van der Waals surface area contributed by atoms with Gasteiger partial charge in [0.2, 0.25) is 0 Å². The van der Waals surface area contributed by atoms with E-state index in [1.54, 1.807) is 6.20 Å². The molecule has 0 saturated carbocycles. The van der Waals surface area contributed by atoms with Crippen molar-refractivity contribution in [1.82, 2.24) is 14.9 Å². The van der Waals surface area contributed by atoms with E-state index < -0.39 is 0 Å². The number of aromatic nitrogens is 2. The molecule has 0 fully saturated rings. The summed E-state index contributed by atoms with van der Waals surface area (Å²) in [6.45, 7) is 6.44. The van der Waals surface area contributed by atoms with Crippen LogP contribution in [0.15, 0.2) is 73.7 Å². The quantitative estimate of drug-likeness (QED) is 0.646. The molecule has 0 unspecified atom stereocenters. The van der Waals surface area contributed by atoms with Crippen LogP contribution >= 0.6 is 0 Å². The van der Waals surface area contributed by atoms with Gasteiger partial charge in [-0.15, -0.1) is 6.58 Å². The minimum Gasteiger partial charge on any atom is -0.291 e. The van der Waals surface area contributed by atoms with Crippen LogP contribution < -0.4 is 0 Å². The third-order valence-corrected chi connectivity index (χ3v) is 3.65. The van der Waals surface area contributed by atoms with Crippen LogP contribution in [-0.2, 0) is 13.1 Å². The second-order valence-corrected chi connectivity index (χ2v) is 5.31. The van der Waals surface area contributed by atoms with Crippen molar-refractivity contribution in [2.24, 2.45) is 0 Å². The predicted octanol–water partition coefficient (Wildman–Crippen LogP) is 3.82. The zero-order chi connectivity index (χ0) is 15.2. The minimum atomic E-state index is 0.839. The van der Waals surface area contributed by atoms with E-state index in [-0.39, 0.29) is 0 Å². The zero-order valence-electron chi connectivity index (χ0n) is 12.5. The van der Waals surface area contributed by atoms with Crippen molar-refractivity contribution in [3.8, 4) is 0 Å². The van der Waals surface area contributed by atoms with Gasteiger partial charge in [0, 0.05) is 43.6 Å². The highest BCUT2D eigenvalue weighted by Crippen LogP contribution is 2.18. The lowest BCUT2D eigenvalue weighted by Gasteiger charge is -2.21. The van der Waals surface area contributed by atoms with Crippen LogP contribution in [0.4, 0.5) is 0 Å². The SMILES string of the molecule is C=CCN(Cc1cccnc1)Cc1ccnc2ccccc12. The average molecular weight is 289 g/mol. The number of rotatable bonds is 6. The molecule has 22 heavy (non-hydrogen) atoms. The molecule has 3 aromatic rings. The van der Waals surface area contributed by atoms with Crippen LogP contribution in [0.25, 0.3) is 10.9 Å². The van der Waals surface area contributed by atoms with Gasteiger partial charge in [-0.1, -0.05) is 30.3 Å². The summed E-state index contributed by atoms with van der Waals surface area (Å²) in [6.07, 6.45) is 7.55. The molecule has 2 heterocycles. The third-order valence-electron chi connectivity index (χ3n) is 3.65. The fraction of sp³-hybridized carbons (Fsp3) is 0.158. The Morgan fingerprint density at radius 1 is 1.00 bits per heavy atom. The predicted molar refractivity (Wildman–Crippen MR) is 90.3 cm³/mol. The van der Waals surface area contributed by atoms with Gasteiger partial charge in [-0.2, -0.15) is 0 Å². The molecule has 0 atom stereocenters. The van der Waals surface area contributed by atoms with Crippen molar-refractivity contribution in [1.29, 1.82) is 0 Å². The van der Waals surface area contributed by atoms with Gasteiger partial charge in [0.1, 0.15) is 0 Å². The van der Waals surface area contributed by atoms with Gasteiger partial charge in [-0.3, -0.25) is 14.9 Å². The maximum atomic E-state index is 4.43. The standard InChI is InChI=1S/C19H19N3/c1-2-12-22(14-16-6-5-10-20-13-16)15-17-9-11-21-19-8-4-3-7-18(17)19/h2-11,13H,1,12,14-15H2. The minimum absolute atomic E-state index is 0.839. The lowest BCUT2D eigenvalue weighted by atomic mass is 10.1. The Morgan fingerprint density at radius 3 is 2.73 bits per heavy atom. The molecule has 1 aromatic carbocycles. The number of hydrogen-bond donors (Lipinski definition) is 0. The molecular weight excluding hydrogens is 270 g/mol. The summed E-state index contributed by atoms with van der Waals surface area (Å²) in [5, 5.41) is 1.21. The molecule has 0 amide bonds. The van der Waals surface area contributed by atoms with Gasteiger partial charge in [-0.05, 0) is 29.3 Å². The summed E-state index contributed by atoms with van der Waals surface area (Å²) in [5.41, 5.74) is 3.54. The molecule has 3 rings (SSSR count). The molecule has 0 N–H and O–H groups in total. The number of nitrogens with zero attached hydrogens (tertiary/aromatic N) is 3. The highest BCUT2D eigenvalue weighted by atomic mass is 15.1. The Labute approximate surface area is 131 Å². The molecule has 0 radical (unpaired) electrons. The van der Waals surface area contributed by atoms with Crippen LogP contribution in [0.1, 0.15) is 11.1 Å². The molecule has 110 valence electrons. The normalized spacial score (nSPS) is 11.0. The number of benzene rings is 1. The largest absolute Gasteiger partial charge is 0.291 e. The summed E-state index contributed by atoms with van der Waals surface area (Å²) in [4.78, 5) is 11.0. The summed E-state index contributed by atoms with van der Waals surface area (Å²) in [6, 6.07) is 14.5. The van der Waals surface area contributed by atoms with E-state index in [2.05, 4.69) is 51.8 Å². The molecule has 2 aromatic heterocycles. The van der Waals surface area contributed by atoms with Crippen molar-refractivity contribution in [2.45, 2.75) is 13.1 Å². The fourth-order valence-corrected chi connectivity index (χ4v) is 2.65. The van der Waals surface area contributed by atoms with E-state index in [1.165, 1.54) is 16.5 Å². The maximum absolute atomic E-state index is 4.43. The van der Waals surface area contributed by atoms with Gasteiger partial charge in [0.05, 0.1) is 5.52 Å². The Hall–Kier alpha value is -2.52. The molecule has 0 saturated heterocycles. The van der Waals surface area contributed by atoms with E-state index in [0.29, 0.717) is 0 Å². The number of hydrogen-bond acceptors (Lipinski definition) is 3. The van der Waals surface area contributed by atoms with Crippen LogP contribution in [0.2, 0.25) is 0 Å². The molecule has 0 aliphatic heterocycles. The Kier molecular flexibility index (Phi) is 4.56. The molecule has 0 spiro atoms. The van der Waals surface area contributed by atoms with Crippen molar-refractivity contribution >= 4 is 10.9 Å². The Bertz CT molecular complexity index is 747. The van der Waals surface area contributed by atoms with Gasteiger partial charge in [0.15, 0.2) is 0 Å². The van der Waals surface area contributed by atoms with Crippen LogP contribution in [0.3, 0.4) is 0 Å². The molecule has 0 bridgehead atoms. The summed E-state index contributed by atoms with van der Waals surface area (Å²) in [7, 11) is 0. The summed E-state index contributed by atoms with van der Waals surface area (Å²) < 4.78 is 0. The van der Waals surface area contributed by atoms with Crippen LogP contribution in [-0.4, -0.2) is 21.4 Å². The first-order valence-corrected chi connectivity index (χ1v) is 7.41. The lowest BCUT2D eigenvalue weighted by molar-refractivity contribution is 0.287. The molecule has 0 aliphatic carbocycles. The fourth-order valence-electron chi connectivity index (χ4n) is 2.65. The maximum Gasteiger partial charge on any atom is 0.0705 e. The number of para-hydroxylation sites is 1.